The van der Waals surface area contributed by atoms with E-state index in [-0.39, 0.29) is 55.8 Å². The van der Waals surface area contributed by atoms with Crippen molar-refractivity contribution in [2.24, 2.45) is 12.0 Å². The molecule has 2 heterocycles. The zero-order chi connectivity index (χ0) is 21.9. The number of hydrogen-bond acceptors (Lipinski definition) is 7. The second kappa shape index (κ2) is 8.61. The molecule has 0 atom stereocenters. The van der Waals surface area contributed by atoms with Gasteiger partial charge in [0.15, 0.2) is 5.90 Å². The van der Waals surface area contributed by atoms with Gasteiger partial charge in [-0.05, 0) is 12.1 Å². The molecule has 1 N–H and O–H groups in total. The van der Waals surface area contributed by atoms with Crippen LogP contribution in [0.3, 0.4) is 0 Å². The van der Waals surface area contributed by atoms with E-state index in [2.05, 4.69) is 9.73 Å². The largest absolute Gasteiger partial charge is 0.573 e. The third-order valence-corrected chi connectivity index (χ3v) is 4.15. The monoisotopic (exact) mass is 429 g/mol. The summed E-state index contributed by atoms with van der Waals surface area (Å²) in [6, 6.07) is 5.06. The Balaban J connectivity index is 1.58. The van der Waals surface area contributed by atoms with E-state index in [1.165, 1.54) is 23.7 Å². The molecule has 1 aliphatic rings. The van der Waals surface area contributed by atoms with E-state index in [1.807, 2.05) is 0 Å². The van der Waals surface area contributed by atoms with Crippen LogP contribution < -0.4 is 20.7 Å². The zero-order valence-electron chi connectivity index (χ0n) is 15.8. The fourth-order valence-corrected chi connectivity index (χ4v) is 2.89. The van der Waals surface area contributed by atoms with Crippen LogP contribution in [0.2, 0.25) is 0 Å². The third-order valence-electron chi connectivity index (χ3n) is 4.15. The molecule has 0 fully saturated rings. The van der Waals surface area contributed by atoms with Gasteiger partial charge in [0.1, 0.15) is 30.5 Å². The first kappa shape index (κ1) is 21.4. The molecule has 12 heteroatoms. The first-order valence-corrected chi connectivity index (χ1v) is 8.82. The number of aliphatic imine (C=N–C) groups is 1. The molecule has 3 rings (SSSR count). The third kappa shape index (κ3) is 4.82. The van der Waals surface area contributed by atoms with Gasteiger partial charge < -0.3 is 19.3 Å². The molecule has 0 unspecified atom stereocenters. The number of ether oxygens (including phenoxy) is 3. The van der Waals surface area contributed by atoms with Crippen molar-refractivity contribution in [3.63, 3.8) is 0 Å². The number of rotatable bonds is 7. The number of aliphatic hydroxyl groups excluding tert-OH is 1. The number of benzene rings is 1. The van der Waals surface area contributed by atoms with Crippen molar-refractivity contribution in [3.8, 4) is 11.5 Å². The molecule has 1 aromatic carbocycles. The second-order valence-electron chi connectivity index (χ2n) is 6.23. The average molecular weight is 429 g/mol. The van der Waals surface area contributed by atoms with Crippen molar-refractivity contribution >= 4 is 11.7 Å². The Morgan fingerprint density at radius 3 is 2.57 bits per heavy atom. The van der Waals surface area contributed by atoms with Crippen LogP contribution in [0.1, 0.15) is 5.56 Å². The van der Waals surface area contributed by atoms with Crippen LogP contribution in [0.4, 0.5) is 19.0 Å². The maximum atomic E-state index is 12.4. The Bertz CT molecular complexity index is 1070. The lowest BCUT2D eigenvalue weighted by Gasteiger charge is -2.11. The van der Waals surface area contributed by atoms with Gasteiger partial charge in [-0.25, -0.2) is 4.79 Å². The Morgan fingerprint density at radius 2 is 1.87 bits per heavy atom. The van der Waals surface area contributed by atoms with Gasteiger partial charge in [0.05, 0.1) is 25.1 Å². The molecule has 0 spiro atoms. The normalized spacial score (nSPS) is 13.0. The highest BCUT2D eigenvalue weighted by Crippen LogP contribution is 2.26. The first-order valence-electron chi connectivity index (χ1n) is 8.82. The van der Waals surface area contributed by atoms with Crippen molar-refractivity contribution in [1.82, 2.24) is 9.13 Å². The summed E-state index contributed by atoms with van der Waals surface area (Å²) >= 11 is 0. The molecule has 1 aliphatic heterocycles. The summed E-state index contributed by atoms with van der Waals surface area (Å²) in [5.74, 6) is 0.145. The standard InChI is InChI=1S/C18H18F3N3O6/c1-23-15-13(16(26)24(5-6-25)17(23)27)10-14(22-15)29-8-7-28-11-3-2-4-12(9-11)30-18(19,20)21/h2-4,9,25H,5-8,10H2,1H3. The lowest BCUT2D eigenvalue weighted by Crippen LogP contribution is -2.41. The van der Waals surface area contributed by atoms with Crippen molar-refractivity contribution in [2.45, 2.75) is 19.3 Å². The van der Waals surface area contributed by atoms with Gasteiger partial charge in [-0.2, -0.15) is 4.99 Å². The summed E-state index contributed by atoms with van der Waals surface area (Å²) in [5, 5.41) is 9.03. The summed E-state index contributed by atoms with van der Waals surface area (Å²) in [7, 11) is 1.46. The lowest BCUT2D eigenvalue weighted by atomic mass is 10.2. The van der Waals surface area contributed by atoms with Crippen LogP contribution in [0.25, 0.3) is 0 Å². The summed E-state index contributed by atoms with van der Waals surface area (Å²) in [5.41, 5.74) is -0.859. The minimum atomic E-state index is -4.80. The van der Waals surface area contributed by atoms with Gasteiger partial charge in [-0.1, -0.05) is 6.07 Å². The first-order chi connectivity index (χ1) is 14.2. The van der Waals surface area contributed by atoms with E-state index in [1.54, 1.807) is 0 Å². The van der Waals surface area contributed by atoms with Gasteiger partial charge in [-0.15, -0.1) is 13.2 Å². The smallest absolute Gasteiger partial charge is 0.490 e. The Kier molecular flexibility index (Phi) is 6.15. The topological polar surface area (TPSA) is 104 Å². The van der Waals surface area contributed by atoms with Crippen molar-refractivity contribution in [2.75, 3.05) is 19.8 Å². The Morgan fingerprint density at radius 1 is 1.17 bits per heavy atom. The summed E-state index contributed by atoms with van der Waals surface area (Å²) in [6.07, 6.45) is -4.73. The van der Waals surface area contributed by atoms with Crippen LogP contribution in [0, 0.1) is 0 Å². The average Bonchev–Trinajstić information content (AvgIpc) is 3.10. The van der Waals surface area contributed by atoms with E-state index in [4.69, 9.17) is 14.6 Å². The van der Waals surface area contributed by atoms with Gasteiger partial charge >= 0.3 is 12.1 Å². The highest BCUT2D eigenvalue weighted by atomic mass is 19.4. The molecule has 1 aromatic heterocycles. The van der Waals surface area contributed by atoms with E-state index in [9.17, 15) is 22.8 Å². The van der Waals surface area contributed by atoms with Crippen LogP contribution >= 0.6 is 0 Å². The number of halogens is 3. The van der Waals surface area contributed by atoms with Gasteiger partial charge in [-0.3, -0.25) is 13.9 Å². The highest BCUT2D eigenvalue weighted by Gasteiger charge is 2.31. The van der Waals surface area contributed by atoms with Crippen LogP contribution in [0.5, 0.6) is 11.5 Å². The summed E-state index contributed by atoms with van der Waals surface area (Å²) in [6.45, 7) is -0.473. The van der Waals surface area contributed by atoms with E-state index >= 15 is 0 Å². The lowest BCUT2D eigenvalue weighted by molar-refractivity contribution is -0.274. The molecule has 0 radical (unpaired) electrons. The van der Waals surface area contributed by atoms with Crippen molar-refractivity contribution in [3.05, 3.63) is 50.7 Å². The van der Waals surface area contributed by atoms with E-state index in [0.29, 0.717) is 0 Å². The minimum Gasteiger partial charge on any atom is -0.490 e. The van der Waals surface area contributed by atoms with Crippen LogP contribution in [-0.4, -0.2) is 46.3 Å². The number of fused-ring (bicyclic) bond motifs is 1. The van der Waals surface area contributed by atoms with Gasteiger partial charge in [0.25, 0.3) is 5.56 Å². The molecular weight excluding hydrogens is 411 g/mol. The Hall–Kier alpha value is -3.28. The summed E-state index contributed by atoms with van der Waals surface area (Å²) in [4.78, 5) is 28.7. The summed E-state index contributed by atoms with van der Waals surface area (Å²) < 4.78 is 53.5. The van der Waals surface area contributed by atoms with E-state index < -0.39 is 23.4 Å². The molecule has 0 saturated carbocycles. The number of hydrogen-bond donors (Lipinski definition) is 1. The zero-order valence-corrected chi connectivity index (χ0v) is 15.8. The fourth-order valence-electron chi connectivity index (χ4n) is 2.89. The number of alkyl halides is 3. The molecule has 0 aliphatic carbocycles. The molecule has 9 nitrogen and oxygen atoms in total. The minimum absolute atomic E-state index is 0.00148. The van der Waals surface area contributed by atoms with Crippen LogP contribution in [-0.2, 0) is 24.8 Å². The van der Waals surface area contributed by atoms with Crippen molar-refractivity contribution < 1.29 is 32.5 Å². The number of nitrogens with zero attached hydrogens (tertiary/aromatic N) is 3. The number of aromatic nitrogens is 2. The van der Waals surface area contributed by atoms with Crippen LogP contribution in [0.15, 0.2) is 38.8 Å². The molecule has 162 valence electrons. The predicted octanol–water partition coefficient (Wildman–Crippen LogP) is 1.12. The van der Waals surface area contributed by atoms with E-state index in [0.717, 1.165) is 16.7 Å². The fraction of sp³-hybridized carbons (Fsp3) is 0.389. The Labute approximate surface area is 167 Å². The van der Waals surface area contributed by atoms with Gasteiger partial charge in [0.2, 0.25) is 0 Å². The quantitative estimate of drug-likeness (QED) is 0.662. The SMILES string of the molecule is Cn1c2c(c(=O)n(CCO)c1=O)CC(OCCOc1cccc(OC(F)(F)F)c1)=N2. The molecule has 2 aromatic rings. The highest BCUT2D eigenvalue weighted by molar-refractivity contribution is 5.86. The predicted molar refractivity (Wildman–Crippen MR) is 98.4 cm³/mol. The molecule has 0 saturated heterocycles. The van der Waals surface area contributed by atoms with Crippen molar-refractivity contribution in [1.29, 1.82) is 0 Å². The molecule has 0 amide bonds. The molecular formula is C18H18F3N3O6. The number of aliphatic hydroxyl groups is 1. The second-order valence-corrected chi connectivity index (χ2v) is 6.23. The molecule has 30 heavy (non-hydrogen) atoms. The molecule has 0 bridgehead atoms. The maximum Gasteiger partial charge on any atom is 0.573 e. The maximum absolute atomic E-state index is 12.4. The van der Waals surface area contributed by atoms with Gasteiger partial charge in [0, 0.05) is 13.1 Å².